The largest absolute Gasteiger partial charge is 0.480 e. The molecule has 0 aliphatic heterocycles. The fourth-order valence-corrected chi connectivity index (χ4v) is 3.51. The summed E-state index contributed by atoms with van der Waals surface area (Å²) in [5.41, 5.74) is 1.22. The third kappa shape index (κ3) is 4.60. The third-order valence-electron chi connectivity index (χ3n) is 4.94. The lowest BCUT2D eigenvalue weighted by atomic mass is 10.0. The highest BCUT2D eigenvalue weighted by Gasteiger charge is 2.20. The van der Waals surface area contributed by atoms with Gasteiger partial charge in [0.25, 0.3) is 5.91 Å². The number of nitrogens with one attached hydrogen (secondary N) is 1. The SMILES string of the molecule is C[C@@H](Oc1cccc2ccccc12)C(=O)Nc1ccc(Cl)cc1C(=O)c1ccccc1. The smallest absolute Gasteiger partial charge is 0.265 e. The summed E-state index contributed by atoms with van der Waals surface area (Å²) in [6.45, 7) is 1.67. The van der Waals surface area contributed by atoms with Gasteiger partial charge >= 0.3 is 0 Å². The van der Waals surface area contributed by atoms with Crippen LogP contribution in [0.4, 0.5) is 5.69 Å². The summed E-state index contributed by atoms with van der Waals surface area (Å²) in [6.07, 6.45) is -0.777. The first-order valence-electron chi connectivity index (χ1n) is 9.87. The number of hydrogen-bond acceptors (Lipinski definition) is 3. The van der Waals surface area contributed by atoms with E-state index in [2.05, 4.69) is 5.32 Å². The number of fused-ring (bicyclic) bond motifs is 1. The molecule has 0 aliphatic carbocycles. The Bertz CT molecular complexity index is 1250. The van der Waals surface area contributed by atoms with Crippen LogP contribution < -0.4 is 10.1 Å². The molecular weight excluding hydrogens is 410 g/mol. The molecule has 4 aromatic carbocycles. The van der Waals surface area contributed by atoms with Crippen LogP contribution in [0.25, 0.3) is 10.8 Å². The Morgan fingerprint density at radius 3 is 2.39 bits per heavy atom. The predicted octanol–water partition coefficient (Wildman–Crippen LogP) is 6.13. The Hall–Kier alpha value is -3.63. The summed E-state index contributed by atoms with van der Waals surface area (Å²) in [5.74, 6) is 0.0378. The van der Waals surface area contributed by atoms with E-state index in [0.717, 1.165) is 10.8 Å². The van der Waals surface area contributed by atoms with Crippen LogP contribution in [0.3, 0.4) is 0 Å². The molecule has 0 spiro atoms. The number of carbonyl (C=O) groups excluding carboxylic acids is 2. The van der Waals surface area contributed by atoms with Crippen LogP contribution in [0.15, 0.2) is 91.0 Å². The van der Waals surface area contributed by atoms with Crippen LogP contribution in [-0.4, -0.2) is 17.8 Å². The molecule has 1 atom stereocenters. The molecule has 4 nitrogen and oxygen atoms in total. The topological polar surface area (TPSA) is 55.4 Å². The zero-order valence-electron chi connectivity index (χ0n) is 16.8. The minimum Gasteiger partial charge on any atom is -0.480 e. The van der Waals surface area contributed by atoms with Gasteiger partial charge in [-0.15, -0.1) is 0 Å². The Labute approximate surface area is 185 Å². The highest BCUT2D eigenvalue weighted by Crippen LogP contribution is 2.27. The van der Waals surface area contributed by atoms with Crippen molar-refractivity contribution in [3.8, 4) is 5.75 Å². The van der Waals surface area contributed by atoms with Gasteiger partial charge in [-0.25, -0.2) is 0 Å². The predicted molar refractivity (Wildman–Crippen MR) is 124 cm³/mol. The quantitative estimate of drug-likeness (QED) is 0.375. The molecule has 154 valence electrons. The minimum atomic E-state index is -0.777. The van der Waals surface area contributed by atoms with Crippen LogP contribution in [0.2, 0.25) is 5.02 Å². The molecule has 1 N–H and O–H groups in total. The molecule has 0 saturated heterocycles. The Balaban J connectivity index is 1.56. The molecule has 0 bridgehead atoms. The summed E-state index contributed by atoms with van der Waals surface area (Å²) in [5, 5.41) is 5.18. The number of benzene rings is 4. The van der Waals surface area contributed by atoms with Crippen LogP contribution in [0, 0.1) is 0 Å². The molecule has 0 aromatic heterocycles. The van der Waals surface area contributed by atoms with E-state index < -0.39 is 6.10 Å². The summed E-state index contributed by atoms with van der Waals surface area (Å²) < 4.78 is 5.95. The number of ketones is 1. The molecule has 0 radical (unpaired) electrons. The van der Waals surface area contributed by atoms with E-state index in [1.807, 2.05) is 48.5 Å². The number of anilines is 1. The van der Waals surface area contributed by atoms with Gasteiger partial charge < -0.3 is 10.1 Å². The van der Waals surface area contributed by atoms with Gasteiger partial charge in [-0.3, -0.25) is 9.59 Å². The van der Waals surface area contributed by atoms with Crippen LogP contribution in [0.1, 0.15) is 22.8 Å². The van der Waals surface area contributed by atoms with Crippen molar-refractivity contribution in [2.75, 3.05) is 5.32 Å². The number of amides is 1. The molecule has 4 rings (SSSR count). The molecule has 4 aromatic rings. The maximum Gasteiger partial charge on any atom is 0.265 e. The molecule has 5 heteroatoms. The second kappa shape index (κ2) is 9.02. The van der Waals surface area contributed by atoms with E-state index in [-0.39, 0.29) is 11.7 Å². The Morgan fingerprint density at radius 1 is 0.871 bits per heavy atom. The van der Waals surface area contributed by atoms with Crippen LogP contribution >= 0.6 is 11.6 Å². The van der Waals surface area contributed by atoms with Gasteiger partial charge in [0, 0.05) is 21.5 Å². The van der Waals surface area contributed by atoms with Crippen molar-refractivity contribution in [1.29, 1.82) is 0 Å². The number of carbonyl (C=O) groups is 2. The minimum absolute atomic E-state index is 0.221. The maximum atomic E-state index is 13.0. The first-order valence-corrected chi connectivity index (χ1v) is 10.3. The maximum absolute atomic E-state index is 13.0. The number of rotatable bonds is 6. The van der Waals surface area contributed by atoms with Gasteiger partial charge in [-0.1, -0.05) is 78.3 Å². The van der Waals surface area contributed by atoms with E-state index in [1.54, 1.807) is 49.4 Å². The molecule has 0 unspecified atom stereocenters. The second-order valence-corrected chi connectivity index (χ2v) is 7.55. The average Bonchev–Trinajstić information content (AvgIpc) is 2.80. The fourth-order valence-electron chi connectivity index (χ4n) is 3.34. The third-order valence-corrected chi connectivity index (χ3v) is 5.18. The lowest BCUT2D eigenvalue weighted by Crippen LogP contribution is -2.30. The van der Waals surface area contributed by atoms with Crippen LogP contribution in [-0.2, 0) is 4.79 Å². The normalized spacial score (nSPS) is 11.7. The zero-order valence-corrected chi connectivity index (χ0v) is 17.6. The monoisotopic (exact) mass is 429 g/mol. The Morgan fingerprint density at radius 2 is 1.58 bits per heavy atom. The highest BCUT2D eigenvalue weighted by molar-refractivity contribution is 6.31. The molecule has 0 aliphatic rings. The lowest BCUT2D eigenvalue weighted by molar-refractivity contribution is -0.122. The zero-order chi connectivity index (χ0) is 21.8. The molecule has 0 saturated carbocycles. The van der Waals surface area contributed by atoms with Crippen molar-refractivity contribution in [1.82, 2.24) is 0 Å². The van der Waals surface area contributed by atoms with Gasteiger partial charge in [0.15, 0.2) is 11.9 Å². The summed E-state index contributed by atoms with van der Waals surface area (Å²) >= 11 is 6.12. The first-order chi connectivity index (χ1) is 15.0. The van der Waals surface area contributed by atoms with Crippen molar-refractivity contribution in [2.24, 2.45) is 0 Å². The summed E-state index contributed by atoms with van der Waals surface area (Å²) in [6, 6.07) is 27.2. The average molecular weight is 430 g/mol. The van der Waals surface area contributed by atoms with E-state index in [1.165, 1.54) is 0 Å². The van der Waals surface area contributed by atoms with Crippen molar-refractivity contribution < 1.29 is 14.3 Å². The highest BCUT2D eigenvalue weighted by atomic mass is 35.5. The van der Waals surface area contributed by atoms with E-state index >= 15 is 0 Å². The van der Waals surface area contributed by atoms with E-state index in [9.17, 15) is 9.59 Å². The molecule has 31 heavy (non-hydrogen) atoms. The summed E-state index contributed by atoms with van der Waals surface area (Å²) in [4.78, 5) is 25.8. The van der Waals surface area contributed by atoms with Gasteiger partial charge in [-0.2, -0.15) is 0 Å². The number of halogens is 1. The van der Waals surface area contributed by atoms with E-state index in [0.29, 0.717) is 27.6 Å². The summed E-state index contributed by atoms with van der Waals surface area (Å²) in [7, 11) is 0. The van der Waals surface area contributed by atoms with Gasteiger partial charge in [-0.05, 0) is 36.6 Å². The first kappa shape index (κ1) is 20.6. The molecule has 0 fully saturated rings. The Kier molecular flexibility index (Phi) is 6.01. The number of hydrogen-bond donors (Lipinski definition) is 1. The second-order valence-electron chi connectivity index (χ2n) is 7.11. The van der Waals surface area contributed by atoms with Gasteiger partial charge in [0.1, 0.15) is 5.75 Å². The van der Waals surface area contributed by atoms with Crippen molar-refractivity contribution in [3.63, 3.8) is 0 Å². The van der Waals surface area contributed by atoms with Gasteiger partial charge in [0.05, 0.1) is 5.69 Å². The fraction of sp³-hybridized carbons (Fsp3) is 0.0769. The molecular formula is C26H20ClNO3. The van der Waals surface area contributed by atoms with Crippen molar-refractivity contribution in [2.45, 2.75) is 13.0 Å². The van der Waals surface area contributed by atoms with E-state index in [4.69, 9.17) is 16.3 Å². The molecule has 0 heterocycles. The van der Waals surface area contributed by atoms with Gasteiger partial charge in [0.2, 0.25) is 0 Å². The van der Waals surface area contributed by atoms with Crippen molar-refractivity contribution in [3.05, 3.63) is 107 Å². The van der Waals surface area contributed by atoms with Crippen molar-refractivity contribution >= 4 is 39.8 Å². The standard InChI is InChI=1S/C26H20ClNO3/c1-17(31-24-13-7-11-18-8-5-6-12-21(18)24)26(30)28-23-15-14-20(27)16-22(23)25(29)19-9-3-2-4-10-19/h2-17H,1H3,(H,28,30)/t17-/m1/s1. The van der Waals surface area contributed by atoms with Crippen LogP contribution in [0.5, 0.6) is 5.75 Å². The lowest BCUT2D eigenvalue weighted by Gasteiger charge is -2.17. The molecule has 1 amide bonds. The number of ether oxygens (including phenoxy) is 1.